The number of carbonyl (C=O) groups excluding carboxylic acids is 2. The van der Waals surface area contributed by atoms with Crippen molar-refractivity contribution in [2.24, 2.45) is 13.0 Å². The SMILES string of the molecule is COc1ccc(N2C[C@H](C(=O)Nc3cc(C)nn3C)CC2=O)cc1. The van der Waals surface area contributed by atoms with E-state index in [4.69, 9.17) is 4.74 Å². The van der Waals surface area contributed by atoms with Gasteiger partial charge in [0.1, 0.15) is 11.6 Å². The first-order chi connectivity index (χ1) is 11.5. The largest absolute Gasteiger partial charge is 0.497 e. The molecule has 1 aromatic heterocycles. The van der Waals surface area contributed by atoms with Crippen molar-refractivity contribution in [3.8, 4) is 5.75 Å². The van der Waals surface area contributed by atoms with E-state index in [-0.39, 0.29) is 24.2 Å². The minimum Gasteiger partial charge on any atom is -0.497 e. The molecule has 3 rings (SSSR count). The van der Waals surface area contributed by atoms with Crippen LogP contribution in [0.2, 0.25) is 0 Å². The van der Waals surface area contributed by atoms with Gasteiger partial charge in [0, 0.05) is 31.8 Å². The highest BCUT2D eigenvalue weighted by Gasteiger charge is 2.35. The monoisotopic (exact) mass is 328 g/mol. The zero-order chi connectivity index (χ0) is 17.3. The van der Waals surface area contributed by atoms with Crippen LogP contribution >= 0.6 is 0 Å². The summed E-state index contributed by atoms with van der Waals surface area (Å²) in [6.45, 7) is 2.23. The lowest BCUT2D eigenvalue weighted by Crippen LogP contribution is -2.28. The number of nitrogens with one attached hydrogen (secondary N) is 1. The molecule has 0 saturated carbocycles. The number of aromatic nitrogens is 2. The molecule has 0 aliphatic carbocycles. The minimum absolute atomic E-state index is 0.0542. The van der Waals surface area contributed by atoms with Gasteiger partial charge in [-0.1, -0.05) is 0 Å². The van der Waals surface area contributed by atoms with E-state index < -0.39 is 0 Å². The van der Waals surface area contributed by atoms with E-state index in [1.54, 1.807) is 41.9 Å². The van der Waals surface area contributed by atoms with Crippen molar-refractivity contribution in [1.82, 2.24) is 9.78 Å². The van der Waals surface area contributed by atoms with Gasteiger partial charge in [0.05, 0.1) is 18.7 Å². The molecule has 1 aliphatic heterocycles. The highest BCUT2D eigenvalue weighted by atomic mass is 16.5. The summed E-state index contributed by atoms with van der Waals surface area (Å²) >= 11 is 0. The quantitative estimate of drug-likeness (QED) is 0.927. The Hall–Kier alpha value is -2.83. The summed E-state index contributed by atoms with van der Waals surface area (Å²) in [5.74, 6) is 0.762. The Kier molecular flexibility index (Phi) is 4.24. The summed E-state index contributed by atoms with van der Waals surface area (Å²) in [4.78, 5) is 26.3. The van der Waals surface area contributed by atoms with E-state index in [0.29, 0.717) is 12.4 Å². The van der Waals surface area contributed by atoms with E-state index >= 15 is 0 Å². The molecule has 1 atom stereocenters. The summed E-state index contributed by atoms with van der Waals surface area (Å²) in [5.41, 5.74) is 1.60. The zero-order valence-corrected chi connectivity index (χ0v) is 13.9. The standard InChI is InChI=1S/C17H20N4O3/c1-11-8-15(20(2)19-11)18-17(23)12-9-16(22)21(10-12)13-4-6-14(24-3)7-5-13/h4-8,12H,9-10H2,1-3H3,(H,18,23)/t12-/m1/s1. The number of amides is 2. The van der Waals surface area contributed by atoms with Crippen LogP contribution in [-0.2, 0) is 16.6 Å². The fraction of sp³-hybridized carbons (Fsp3) is 0.353. The Morgan fingerprint density at radius 3 is 2.62 bits per heavy atom. The number of benzene rings is 1. The van der Waals surface area contributed by atoms with Crippen molar-refractivity contribution < 1.29 is 14.3 Å². The van der Waals surface area contributed by atoms with E-state index in [9.17, 15) is 9.59 Å². The predicted molar refractivity (Wildman–Crippen MR) is 90.0 cm³/mol. The molecule has 0 spiro atoms. The minimum atomic E-state index is -0.380. The highest BCUT2D eigenvalue weighted by Crippen LogP contribution is 2.27. The molecule has 24 heavy (non-hydrogen) atoms. The molecule has 2 aromatic rings. The summed E-state index contributed by atoms with van der Waals surface area (Å²) in [6, 6.07) is 9.04. The Bertz CT molecular complexity index is 767. The van der Waals surface area contributed by atoms with E-state index in [0.717, 1.165) is 17.1 Å². The second-order valence-electron chi connectivity index (χ2n) is 5.89. The number of ether oxygens (including phenoxy) is 1. The van der Waals surface area contributed by atoms with Crippen LogP contribution in [0.3, 0.4) is 0 Å². The number of methoxy groups -OCH3 is 1. The van der Waals surface area contributed by atoms with Gasteiger partial charge in [-0.2, -0.15) is 5.10 Å². The summed E-state index contributed by atoms with van der Waals surface area (Å²) in [5, 5.41) is 7.04. The molecule has 1 aliphatic rings. The molecule has 1 saturated heterocycles. The average molecular weight is 328 g/mol. The van der Waals surface area contributed by atoms with Gasteiger partial charge < -0.3 is 15.0 Å². The lowest BCUT2D eigenvalue weighted by atomic mass is 10.1. The Labute approximate surface area is 140 Å². The topological polar surface area (TPSA) is 76.5 Å². The zero-order valence-electron chi connectivity index (χ0n) is 13.9. The summed E-state index contributed by atoms with van der Waals surface area (Å²) < 4.78 is 6.74. The molecular weight excluding hydrogens is 308 g/mol. The lowest BCUT2D eigenvalue weighted by Gasteiger charge is -2.17. The van der Waals surface area contributed by atoms with Gasteiger partial charge in [0.15, 0.2) is 0 Å². The van der Waals surface area contributed by atoms with Crippen LogP contribution in [0.15, 0.2) is 30.3 Å². The van der Waals surface area contributed by atoms with Crippen LogP contribution in [0.25, 0.3) is 0 Å². The summed E-state index contributed by atoms with van der Waals surface area (Å²) in [6.07, 6.45) is 0.203. The third-order valence-electron chi connectivity index (χ3n) is 4.13. The fourth-order valence-corrected chi connectivity index (χ4v) is 2.85. The Morgan fingerprint density at radius 2 is 2.04 bits per heavy atom. The van der Waals surface area contributed by atoms with E-state index in [1.165, 1.54) is 0 Å². The Balaban J connectivity index is 1.69. The summed E-state index contributed by atoms with van der Waals surface area (Å²) in [7, 11) is 3.36. The van der Waals surface area contributed by atoms with E-state index in [1.807, 2.05) is 19.1 Å². The Morgan fingerprint density at radius 1 is 1.33 bits per heavy atom. The third kappa shape index (κ3) is 3.10. The fourth-order valence-electron chi connectivity index (χ4n) is 2.85. The molecule has 0 unspecified atom stereocenters. The van der Waals surface area contributed by atoms with Crippen molar-refractivity contribution in [1.29, 1.82) is 0 Å². The normalized spacial score (nSPS) is 17.2. The van der Waals surface area contributed by atoms with Crippen LogP contribution in [-0.4, -0.2) is 35.2 Å². The van der Waals surface area contributed by atoms with Crippen molar-refractivity contribution in [3.63, 3.8) is 0 Å². The van der Waals surface area contributed by atoms with Gasteiger partial charge in [0.2, 0.25) is 11.8 Å². The molecule has 7 nitrogen and oxygen atoms in total. The van der Waals surface area contributed by atoms with Crippen molar-refractivity contribution >= 4 is 23.3 Å². The molecule has 1 fully saturated rings. The molecule has 126 valence electrons. The van der Waals surface area contributed by atoms with Gasteiger partial charge in [0.25, 0.3) is 0 Å². The van der Waals surface area contributed by atoms with Gasteiger partial charge in [-0.3, -0.25) is 14.3 Å². The smallest absolute Gasteiger partial charge is 0.230 e. The first-order valence-corrected chi connectivity index (χ1v) is 7.74. The number of carbonyl (C=O) groups is 2. The number of hydrogen-bond donors (Lipinski definition) is 1. The van der Waals surface area contributed by atoms with Crippen LogP contribution in [0.5, 0.6) is 5.75 Å². The van der Waals surface area contributed by atoms with Gasteiger partial charge >= 0.3 is 0 Å². The molecular formula is C17H20N4O3. The second kappa shape index (κ2) is 6.35. The molecule has 2 heterocycles. The van der Waals surface area contributed by atoms with Gasteiger partial charge in [-0.25, -0.2) is 0 Å². The van der Waals surface area contributed by atoms with Crippen LogP contribution in [0.1, 0.15) is 12.1 Å². The molecule has 1 aromatic carbocycles. The molecule has 1 N–H and O–H groups in total. The number of hydrogen-bond acceptors (Lipinski definition) is 4. The average Bonchev–Trinajstić information content (AvgIpc) is 3.10. The predicted octanol–water partition coefficient (Wildman–Crippen LogP) is 1.73. The van der Waals surface area contributed by atoms with Crippen LogP contribution in [0, 0.1) is 12.8 Å². The first-order valence-electron chi connectivity index (χ1n) is 7.74. The molecule has 0 radical (unpaired) electrons. The van der Waals surface area contributed by atoms with Crippen molar-refractivity contribution in [2.45, 2.75) is 13.3 Å². The molecule has 7 heteroatoms. The van der Waals surface area contributed by atoms with E-state index in [2.05, 4.69) is 10.4 Å². The number of aryl methyl sites for hydroxylation is 2. The maximum atomic E-state index is 12.4. The number of anilines is 2. The molecule has 2 amide bonds. The highest BCUT2D eigenvalue weighted by molar-refractivity contribution is 6.03. The maximum Gasteiger partial charge on any atom is 0.230 e. The van der Waals surface area contributed by atoms with Gasteiger partial charge in [-0.05, 0) is 31.2 Å². The van der Waals surface area contributed by atoms with Crippen molar-refractivity contribution in [3.05, 3.63) is 36.0 Å². The first kappa shape index (κ1) is 16.0. The second-order valence-corrected chi connectivity index (χ2v) is 5.89. The maximum absolute atomic E-state index is 12.4. The number of nitrogens with zero attached hydrogens (tertiary/aromatic N) is 3. The molecule has 0 bridgehead atoms. The van der Waals surface area contributed by atoms with Crippen LogP contribution in [0.4, 0.5) is 11.5 Å². The third-order valence-corrected chi connectivity index (χ3v) is 4.13. The number of rotatable bonds is 4. The van der Waals surface area contributed by atoms with Crippen LogP contribution < -0.4 is 15.0 Å². The lowest BCUT2D eigenvalue weighted by molar-refractivity contribution is -0.122. The van der Waals surface area contributed by atoms with Crippen molar-refractivity contribution in [2.75, 3.05) is 23.9 Å². The van der Waals surface area contributed by atoms with Gasteiger partial charge in [-0.15, -0.1) is 0 Å².